The van der Waals surface area contributed by atoms with Gasteiger partial charge in [-0.3, -0.25) is 0 Å². The van der Waals surface area contributed by atoms with E-state index in [1.807, 2.05) is 0 Å². The molecule has 2 fully saturated rings. The van der Waals surface area contributed by atoms with Gasteiger partial charge in [0, 0.05) is 10.5 Å². The zero-order valence-corrected chi connectivity index (χ0v) is 11.7. The van der Waals surface area contributed by atoms with Crippen LogP contribution in [0.3, 0.4) is 0 Å². The maximum Gasteiger partial charge on any atom is 0.0177 e. The van der Waals surface area contributed by atoms with Gasteiger partial charge in [0.2, 0.25) is 0 Å². The fourth-order valence-corrected chi connectivity index (χ4v) is 3.19. The first-order valence-electron chi connectivity index (χ1n) is 6.79. The van der Waals surface area contributed by atoms with Gasteiger partial charge in [-0.15, -0.1) is 0 Å². The van der Waals surface area contributed by atoms with Crippen molar-refractivity contribution in [1.29, 1.82) is 0 Å². The molecule has 2 heteroatoms. The monoisotopic (exact) mass is 293 g/mol. The van der Waals surface area contributed by atoms with Gasteiger partial charge in [-0.05, 0) is 68.2 Å². The van der Waals surface area contributed by atoms with Crippen molar-refractivity contribution >= 4 is 15.9 Å². The minimum atomic E-state index is 0.863. The number of hydrogen-bond donors (Lipinski definition) is 1. The second kappa shape index (κ2) is 5.11. The first-order chi connectivity index (χ1) is 8.31. The van der Waals surface area contributed by atoms with Crippen molar-refractivity contribution in [2.24, 2.45) is 11.8 Å². The SMILES string of the molecule is Brc1cccc(CC2CCC2CNC2CC2)c1. The zero-order chi connectivity index (χ0) is 11.7. The second-order valence-corrected chi connectivity index (χ2v) is 6.53. The molecular weight excluding hydrogens is 274 g/mol. The van der Waals surface area contributed by atoms with Crippen molar-refractivity contribution in [3.05, 3.63) is 34.3 Å². The Morgan fingerprint density at radius 1 is 1.12 bits per heavy atom. The fourth-order valence-electron chi connectivity index (χ4n) is 2.75. The summed E-state index contributed by atoms with van der Waals surface area (Å²) >= 11 is 3.55. The van der Waals surface area contributed by atoms with Crippen molar-refractivity contribution in [2.45, 2.75) is 38.1 Å². The van der Waals surface area contributed by atoms with Crippen LogP contribution in [-0.4, -0.2) is 12.6 Å². The molecule has 92 valence electrons. The number of benzene rings is 1. The van der Waals surface area contributed by atoms with Crippen LogP contribution in [0.2, 0.25) is 0 Å². The molecule has 0 saturated heterocycles. The van der Waals surface area contributed by atoms with E-state index >= 15 is 0 Å². The molecular formula is C15H20BrN. The Hall–Kier alpha value is -0.340. The van der Waals surface area contributed by atoms with Crippen LogP contribution in [0.15, 0.2) is 28.7 Å². The highest BCUT2D eigenvalue weighted by molar-refractivity contribution is 9.10. The van der Waals surface area contributed by atoms with Gasteiger partial charge >= 0.3 is 0 Å². The van der Waals surface area contributed by atoms with Gasteiger partial charge in [-0.25, -0.2) is 0 Å². The molecule has 0 heterocycles. The van der Waals surface area contributed by atoms with Crippen molar-refractivity contribution in [1.82, 2.24) is 5.32 Å². The zero-order valence-electron chi connectivity index (χ0n) is 10.2. The average Bonchev–Trinajstić information content (AvgIpc) is 3.09. The van der Waals surface area contributed by atoms with E-state index in [2.05, 4.69) is 45.5 Å². The van der Waals surface area contributed by atoms with E-state index in [-0.39, 0.29) is 0 Å². The highest BCUT2D eigenvalue weighted by Crippen LogP contribution is 2.37. The summed E-state index contributed by atoms with van der Waals surface area (Å²) in [6, 6.07) is 9.64. The molecule has 0 radical (unpaired) electrons. The van der Waals surface area contributed by atoms with E-state index in [4.69, 9.17) is 0 Å². The van der Waals surface area contributed by atoms with Crippen molar-refractivity contribution in [2.75, 3.05) is 6.54 Å². The molecule has 1 aromatic carbocycles. The first-order valence-corrected chi connectivity index (χ1v) is 7.58. The van der Waals surface area contributed by atoms with Gasteiger partial charge < -0.3 is 5.32 Å². The molecule has 0 spiro atoms. The Morgan fingerprint density at radius 2 is 1.94 bits per heavy atom. The summed E-state index contributed by atoms with van der Waals surface area (Å²) < 4.78 is 1.21. The summed E-state index contributed by atoms with van der Waals surface area (Å²) in [6.45, 7) is 1.25. The Balaban J connectivity index is 1.50. The highest BCUT2D eigenvalue weighted by Gasteiger charge is 2.32. The van der Waals surface area contributed by atoms with Gasteiger partial charge in [0.15, 0.2) is 0 Å². The Labute approximate surface area is 112 Å². The normalized spacial score (nSPS) is 27.8. The lowest BCUT2D eigenvalue weighted by Gasteiger charge is -2.37. The van der Waals surface area contributed by atoms with Gasteiger partial charge in [-0.2, -0.15) is 0 Å². The van der Waals surface area contributed by atoms with Crippen LogP contribution in [-0.2, 0) is 6.42 Å². The molecule has 2 saturated carbocycles. The van der Waals surface area contributed by atoms with E-state index in [1.54, 1.807) is 0 Å². The van der Waals surface area contributed by atoms with E-state index in [0.717, 1.165) is 17.9 Å². The third kappa shape index (κ3) is 3.11. The summed E-state index contributed by atoms with van der Waals surface area (Å²) in [5, 5.41) is 3.68. The molecule has 1 N–H and O–H groups in total. The second-order valence-electron chi connectivity index (χ2n) is 5.61. The van der Waals surface area contributed by atoms with Crippen LogP contribution in [0.5, 0.6) is 0 Å². The molecule has 2 atom stereocenters. The van der Waals surface area contributed by atoms with Crippen LogP contribution < -0.4 is 5.32 Å². The molecule has 2 unspecified atom stereocenters. The van der Waals surface area contributed by atoms with Crippen molar-refractivity contribution in [3.63, 3.8) is 0 Å². The molecule has 0 aromatic heterocycles. The van der Waals surface area contributed by atoms with E-state index in [1.165, 1.54) is 48.7 Å². The Bertz CT molecular complexity index is 386. The standard InChI is InChI=1S/C15H20BrN/c16-14-3-1-2-11(9-14)8-12-4-5-13(12)10-17-15-6-7-15/h1-3,9,12-13,15,17H,4-8,10H2. The summed E-state index contributed by atoms with van der Waals surface area (Å²) in [5.74, 6) is 1.84. The van der Waals surface area contributed by atoms with Crippen molar-refractivity contribution in [3.8, 4) is 0 Å². The van der Waals surface area contributed by atoms with Crippen LogP contribution in [0.25, 0.3) is 0 Å². The number of halogens is 1. The molecule has 2 aliphatic rings. The van der Waals surface area contributed by atoms with E-state index in [0.29, 0.717) is 0 Å². The average molecular weight is 294 g/mol. The minimum Gasteiger partial charge on any atom is -0.314 e. The van der Waals surface area contributed by atoms with Gasteiger partial charge in [0.1, 0.15) is 0 Å². The summed E-state index contributed by atoms with van der Waals surface area (Å²) in [4.78, 5) is 0. The summed E-state index contributed by atoms with van der Waals surface area (Å²) in [5.41, 5.74) is 1.49. The van der Waals surface area contributed by atoms with Gasteiger partial charge in [0.25, 0.3) is 0 Å². The topological polar surface area (TPSA) is 12.0 Å². The molecule has 0 amide bonds. The molecule has 0 bridgehead atoms. The highest BCUT2D eigenvalue weighted by atomic mass is 79.9. The van der Waals surface area contributed by atoms with Gasteiger partial charge in [-0.1, -0.05) is 28.1 Å². The lowest BCUT2D eigenvalue weighted by atomic mass is 9.70. The Kier molecular flexibility index (Phi) is 3.53. The smallest absolute Gasteiger partial charge is 0.0177 e. The molecule has 3 rings (SSSR count). The maximum atomic E-state index is 3.68. The molecule has 17 heavy (non-hydrogen) atoms. The lowest BCUT2D eigenvalue weighted by Crippen LogP contribution is -2.37. The number of nitrogens with one attached hydrogen (secondary N) is 1. The van der Waals surface area contributed by atoms with Crippen LogP contribution in [0, 0.1) is 11.8 Å². The predicted octanol–water partition coefficient (Wildman–Crippen LogP) is 3.77. The summed E-state index contributed by atoms with van der Waals surface area (Å²) in [6.07, 6.45) is 6.92. The predicted molar refractivity (Wildman–Crippen MR) is 75.1 cm³/mol. The molecule has 1 aromatic rings. The largest absolute Gasteiger partial charge is 0.314 e. The van der Waals surface area contributed by atoms with Crippen LogP contribution in [0.4, 0.5) is 0 Å². The minimum absolute atomic E-state index is 0.863. The molecule has 1 nitrogen and oxygen atoms in total. The fraction of sp³-hybridized carbons (Fsp3) is 0.600. The maximum absolute atomic E-state index is 3.68. The lowest BCUT2D eigenvalue weighted by molar-refractivity contribution is 0.170. The van der Waals surface area contributed by atoms with Crippen LogP contribution >= 0.6 is 15.9 Å². The summed E-state index contributed by atoms with van der Waals surface area (Å²) in [7, 11) is 0. The van der Waals surface area contributed by atoms with E-state index < -0.39 is 0 Å². The number of rotatable bonds is 5. The number of hydrogen-bond acceptors (Lipinski definition) is 1. The molecule has 0 aliphatic heterocycles. The molecule has 2 aliphatic carbocycles. The third-order valence-corrected chi connectivity index (χ3v) is 4.70. The van der Waals surface area contributed by atoms with Gasteiger partial charge in [0.05, 0.1) is 0 Å². The Morgan fingerprint density at radius 3 is 2.59 bits per heavy atom. The first kappa shape index (κ1) is 11.7. The van der Waals surface area contributed by atoms with Crippen LogP contribution in [0.1, 0.15) is 31.2 Å². The van der Waals surface area contributed by atoms with Crippen molar-refractivity contribution < 1.29 is 0 Å². The quantitative estimate of drug-likeness (QED) is 0.871. The van der Waals surface area contributed by atoms with E-state index in [9.17, 15) is 0 Å². The third-order valence-electron chi connectivity index (χ3n) is 4.21.